The number of ether oxygens (including phenoxy) is 1. The molecule has 7 rings (SSSR count). The van der Waals surface area contributed by atoms with Crippen LogP contribution in [0.5, 0.6) is 5.75 Å². The predicted molar refractivity (Wildman–Crippen MR) is 99.0 cm³/mol. The molecule has 0 saturated carbocycles. The third-order valence-corrected chi connectivity index (χ3v) is 9.83. The average Bonchev–Trinajstić information content (AvgIpc) is 2.98. The largest absolute Gasteiger partial charge is 0.488 e. The molecule has 6 atom stereocenters. The number of thioether (sulfide) groups is 1. The first kappa shape index (κ1) is 14.7. The van der Waals surface area contributed by atoms with Gasteiger partial charge in [-0.15, -0.1) is 11.8 Å². The van der Waals surface area contributed by atoms with Gasteiger partial charge in [0.2, 0.25) is 0 Å². The number of likely N-dealkylation sites (N-methyl/N-ethyl adjacent to an activating group) is 1. The maximum absolute atomic E-state index is 9.95. The molecule has 2 saturated heterocycles. The fourth-order valence-corrected chi connectivity index (χ4v) is 8.62. The van der Waals surface area contributed by atoms with Gasteiger partial charge in [-0.2, -0.15) is 5.26 Å². The van der Waals surface area contributed by atoms with Crippen molar-refractivity contribution >= 4 is 11.8 Å². The van der Waals surface area contributed by atoms with Crippen molar-refractivity contribution in [3.8, 4) is 11.8 Å². The van der Waals surface area contributed by atoms with E-state index in [0.29, 0.717) is 6.04 Å². The molecule has 4 heteroatoms. The summed E-state index contributed by atoms with van der Waals surface area (Å²) < 4.78 is 6.74. The van der Waals surface area contributed by atoms with Gasteiger partial charge >= 0.3 is 0 Å². The third kappa shape index (κ3) is 1.27. The minimum atomic E-state index is -0.221. The molecule has 0 N–H and O–H groups in total. The second-order valence-corrected chi connectivity index (χ2v) is 10.2. The van der Waals surface area contributed by atoms with Gasteiger partial charge in [-0.25, -0.2) is 0 Å². The molecule has 0 aromatic heterocycles. The average molecular weight is 350 g/mol. The molecule has 2 spiro atoms. The Morgan fingerprint density at radius 3 is 3.00 bits per heavy atom. The predicted octanol–water partition coefficient (Wildman–Crippen LogP) is 3.21. The Labute approximate surface area is 153 Å². The van der Waals surface area contributed by atoms with Gasteiger partial charge in [0.15, 0.2) is 0 Å². The number of nitrogens with zero attached hydrogens (tertiary/aromatic N) is 2. The molecule has 6 aliphatic rings. The van der Waals surface area contributed by atoms with Crippen molar-refractivity contribution in [1.82, 2.24) is 4.90 Å². The van der Waals surface area contributed by atoms with Crippen LogP contribution in [0.15, 0.2) is 24.3 Å². The summed E-state index contributed by atoms with van der Waals surface area (Å²) in [7, 11) is 2.26. The van der Waals surface area contributed by atoms with E-state index in [4.69, 9.17) is 4.74 Å². The molecule has 3 nitrogen and oxygen atoms in total. The number of rotatable bonds is 0. The Bertz CT molecular complexity index is 904. The van der Waals surface area contributed by atoms with Crippen molar-refractivity contribution in [2.75, 3.05) is 13.6 Å². The number of piperidine rings is 1. The van der Waals surface area contributed by atoms with E-state index in [1.807, 2.05) is 11.8 Å². The van der Waals surface area contributed by atoms with Crippen LogP contribution in [0, 0.1) is 23.7 Å². The Morgan fingerprint density at radius 1 is 1.36 bits per heavy atom. The fourth-order valence-electron chi connectivity index (χ4n) is 6.63. The van der Waals surface area contributed by atoms with Crippen LogP contribution in [0.3, 0.4) is 0 Å². The second-order valence-electron chi connectivity index (χ2n) is 8.78. The monoisotopic (exact) mass is 350 g/mol. The quantitative estimate of drug-likeness (QED) is 0.673. The summed E-state index contributed by atoms with van der Waals surface area (Å²) in [5, 5.41) is 9.91. The second kappa shape index (κ2) is 4.10. The lowest BCUT2D eigenvalue weighted by atomic mass is 9.48. The minimum absolute atomic E-state index is 0.0284. The van der Waals surface area contributed by atoms with E-state index < -0.39 is 0 Å². The van der Waals surface area contributed by atoms with Crippen molar-refractivity contribution in [1.29, 1.82) is 5.26 Å². The van der Waals surface area contributed by atoms with Gasteiger partial charge < -0.3 is 9.64 Å². The zero-order valence-electron chi connectivity index (χ0n) is 14.9. The number of nitriles is 1. The summed E-state index contributed by atoms with van der Waals surface area (Å²) in [5.41, 5.74) is 4.02. The van der Waals surface area contributed by atoms with Crippen LogP contribution in [0.4, 0.5) is 0 Å². The number of aryl methyl sites for hydroxylation is 1. The van der Waals surface area contributed by atoms with Crippen molar-refractivity contribution in [3.05, 3.63) is 41.0 Å². The lowest BCUT2D eigenvalue weighted by Crippen LogP contribution is -2.78. The maximum Gasteiger partial charge on any atom is 0.126 e. The van der Waals surface area contributed by atoms with Crippen LogP contribution in [0.25, 0.3) is 0 Å². The first-order valence-corrected chi connectivity index (χ1v) is 10.1. The van der Waals surface area contributed by atoms with E-state index in [-0.39, 0.29) is 26.9 Å². The van der Waals surface area contributed by atoms with Crippen molar-refractivity contribution in [2.24, 2.45) is 5.41 Å². The molecule has 1 unspecified atom stereocenters. The van der Waals surface area contributed by atoms with Gasteiger partial charge in [0.25, 0.3) is 0 Å². The number of hydrogen-bond acceptors (Lipinski definition) is 4. The fraction of sp³-hybridized carbons (Fsp3) is 0.571. The molecule has 4 aliphatic heterocycles. The van der Waals surface area contributed by atoms with Crippen LogP contribution in [-0.4, -0.2) is 40.6 Å². The van der Waals surface area contributed by atoms with E-state index in [9.17, 15) is 5.26 Å². The molecule has 128 valence electrons. The van der Waals surface area contributed by atoms with E-state index in [0.717, 1.165) is 25.1 Å². The molecule has 4 heterocycles. The Kier molecular flexibility index (Phi) is 2.41. The summed E-state index contributed by atoms with van der Waals surface area (Å²) in [4.78, 5) is 2.53. The number of likely N-dealkylation sites (tertiary alicyclic amines) is 1. The summed E-state index contributed by atoms with van der Waals surface area (Å²) in [5.74, 6) is 1.13. The molecule has 25 heavy (non-hydrogen) atoms. The van der Waals surface area contributed by atoms with Gasteiger partial charge in [0.05, 0.1) is 16.2 Å². The van der Waals surface area contributed by atoms with Crippen LogP contribution < -0.4 is 4.74 Å². The third-order valence-electron chi connectivity index (χ3n) is 7.82. The van der Waals surface area contributed by atoms with Crippen molar-refractivity contribution < 1.29 is 4.74 Å². The van der Waals surface area contributed by atoms with E-state index in [1.54, 1.807) is 0 Å². The lowest BCUT2D eigenvalue weighted by molar-refractivity contribution is -0.0371. The Morgan fingerprint density at radius 2 is 2.20 bits per heavy atom. The molecule has 2 fully saturated rings. The highest BCUT2D eigenvalue weighted by Crippen LogP contribution is 2.74. The summed E-state index contributed by atoms with van der Waals surface area (Å²) >= 11 is 1.93. The first-order chi connectivity index (χ1) is 12.0. The number of fused-ring (bicyclic) bond motifs is 1. The van der Waals surface area contributed by atoms with Gasteiger partial charge in [-0.1, -0.05) is 31.2 Å². The first-order valence-electron chi connectivity index (χ1n) is 9.25. The van der Waals surface area contributed by atoms with Gasteiger partial charge in [0, 0.05) is 17.0 Å². The van der Waals surface area contributed by atoms with Crippen LogP contribution in [0.1, 0.15) is 30.0 Å². The summed E-state index contributed by atoms with van der Waals surface area (Å²) in [6.45, 7) is 5.53. The van der Waals surface area contributed by atoms with E-state index >= 15 is 0 Å². The topological polar surface area (TPSA) is 36.3 Å². The molecule has 0 amide bonds. The number of benzene rings is 1. The Hall–Kier alpha value is -1.44. The zero-order valence-corrected chi connectivity index (χ0v) is 15.7. The van der Waals surface area contributed by atoms with Crippen LogP contribution in [0.2, 0.25) is 0 Å². The van der Waals surface area contributed by atoms with E-state index in [1.165, 1.54) is 16.7 Å². The zero-order chi connectivity index (χ0) is 17.2. The highest BCUT2D eigenvalue weighted by atomic mass is 32.2. The minimum Gasteiger partial charge on any atom is -0.488 e. The maximum atomic E-state index is 9.95. The molecule has 1 aromatic carbocycles. The molecular weight excluding hydrogens is 328 g/mol. The normalized spacial score (nSPS) is 48.0. The van der Waals surface area contributed by atoms with Crippen molar-refractivity contribution in [3.63, 3.8) is 0 Å². The lowest BCUT2D eigenvalue weighted by Gasteiger charge is -2.69. The smallest absolute Gasteiger partial charge is 0.126 e. The number of hydrogen-bond donors (Lipinski definition) is 0. The van der Waals surface area contributed by atoms with Crippen molar-refractivity contribution in [2.45, 2.75) is 54.2 Å². The SMILES string of the molecule is Cc1ccc2c3c1O[C@H]1[C@@]4(C)C=C[C@@]5(SC4C#N)[C@@H](C2)N(C)CC[C@]315. The van der Waals surface area contributed by atoms with Gasteiger partial charge in [-0.05, 0) is 44.5 Å². The summed E-state index contributed by atoms with van der Waals surface area (Å²) in [6.07, 6.45) is 7.08. The molecule has 4 bridgehead atoms. The van der Waals surface area contributed by atoms with Crippen LogP contribution >= 0.6 is 11.8 Å². The highest BCUT2D eigenvalue weighted by molar-refractivity contribution is 8.02. The highest BCUT2D eigenvalue weighted by Gasteiger charge is 2.78. The van der Waals surface area contributed by atoms with Crippen LogP contribution in [-0.2, 0) is 11.8 Å². The van der Waals surface area contributed by atoms with E-state index in [2.05, 4.69) is 56.1 Å². The molecule has 0 radical (unpaired) electrons. The van der Waals surface area contributed by atoms with Gasteiger partial charge in [0.1, 0.15) is 17.1 Å². The molecular formula is C21H22N2OS. The molecule has 2 aliphatic carbocycles. The molecule has 1 aromatic rings. The summed E-state index contributed by atoms with van der Waals surface area (Å²) in [6, 6.07) is 7.62. The standard InChI is InChI=1S/C21H22N2OS/c1-12-4-5-13-10-14-21-7-6-19(2,15(11-22)25-21)18-20(21,8-9-23(14)3)16(13)17(12)24-18/h4-7,14-15,18H,8-10H2,1-3H3/t14-,15?,18+,19+,20+,21-/m1/s1. The Balaban J connectivity index is 1.75. The van der Waals surface area contributed by atoms with Gasteiger partial charge in [-0.3, -0.25) is 0 Å².